The van der Waals surface area contributed by atoms with E-state index in [1.165, 1.54) is 25.8 Å². The van der Waals surface area contributed by atoms with Crippen molar-refractivity contribution in [1.82, 2.24) is 4.90 Å². The number of hydrogen-bond donors (Lipinski definition) is 1. The van der Waals surface area contributed by atoms with Gasteiger partial charge in [0.05, 0.1) is 0 Å². The average molecular weight is 156 g/mol. The van der Waals surface area contributed by atoms with E-state index in [1.807, 2.05) is 0 Å². The fraction of sp³-hybridized carbons (Fsp3) is 1.00. The minimum Gasteiger partial charge on any atom is -0.330 e. The van der Waals surface area contributed by atoms with Crippen LogP contribution in [0.3, 0.4) is 0 Å². The van der Waals surface area contributed by atoms with Gasteiger partial charge in [-0.1, -0.05) is 6.92 Å². The summed E-state index contributed by atoms with van der Waals surface area (Å²) in [5, 5.41) is 0. The lowest BCUT2D eigenvalue weighted by Crippen LogP contribution is -2.42. The van der Waals surface area contributed by atoms with E-state index in [4.69, 9.17) is 5.73 Å². The highest BCUT2D eigenvalue weighted by atomic mass is 15.1. The Morgan fingerprint density at radius 1 is 1.45 bits per heavy atom. The van der Waals surface area contributed by atoms with Gasteiger partial charge in [-0.05, 0) is 38.8 Å². The Morgan fingerprint density at radius 3 is 2.64 bits per heavy atom. The third-order valence-electron chi connectivity index (χ3n) is 2.88. The highest BCUT2D eigenvalue weighted by Crippen LogP contribution is 2.21. The first-order valence-corrected chi connectivity index (χ1v) is 4.68. The molecule has 1 aliphatic heterocycles. The molecule has 0 spiro atoms. The normalized spacial score (nSPS) is 34.1. The molecular weight excluding hydrogens is 136 g/mol. The Labute approximate surface area is 69.8 Å². The van der Waals surface area contributed by atoms with E-state index in [9.17, 15) is 0 Å². The van der Waals surface area contributed by atoms with Gasteiger partial charge in [-0.3, -0.25) is 0 Å². The van der Waals surface area contributed by atoms with Gasteiger partial charge in [0.1, 0.15) is 0 Å². The van der Waals surface area contributed by atoms with Gasteiger partial charge in [-0.2, -0.15) is 0 Å². The number of piperidine rings is 1. The Balaban J connectivity index is 2.34. The molecule has 0 aromatic rings. The summed E-state index contributed by atoms with van der Waals surface area (Å²) in [7, 11) is 2.22. The molecule has 0 saturated carbocycles. The van der Waals surface area contributed by atoms with E-state index in [1.54, 1.807) is 0 Å². The topological polar surface area (TPSA) is 29.3 Å². The second kappa shape index (κ2) is 4.07. The number of nitrogens with zero attached hydrogens (tertiary/aromatic N) is 1. The molecule has 2 nitrogen and oxygen atoms in total. The maximum Gasteiger partial charge on any atom is 0.00898 e. The van der Waals surface area contributed by atoms with E-state index in [2.05, 4.69) is 18.9 Å². The van der Waals surface area contributed by atoms with Gasteiger partial charge in [0, 0.05) is 12.6 Å². The lowest BCUT2D eigenvalue weighted by molar-refractivity contribution is 0.137. The number of hydrogen-bond acceptors (Lipinski definition) is 2. The second-order valence-electron chi connectivity index (χ2n) is 3.68. The van der Waals surface area contributed by atoms with Crippen molar-refractivity contribution in [2.24, 2.45) is 11.7 Å². The number of nitrogens with two attached hydrogens (primary N) is 1. The lowest BCUT2D eigenvalue weighted by Gasteiger charge is -2.36. The van der Waals surface area contributed by atoms with Crippen LogP contribution in [0.5, 0.6) is 0 Å². The Hall–Kier alpha value is -0.0800. The van der Waals surface area contributed by atoms with Gasteiger partial charge >= 0.3 is 0 Å². The predicted octanol–water partition coefficient (Wildman–Crippen LogP) is 1.07. The molecule has 0 aromatic carbocycles. The van der Waals surface area contributed by atoms with Crippen LogP contribution in [0.2, 0.25) is 0 Å². The molecule has 0 aromatic heterocycles. The van der Waals surface area contributed by atoms with Crippen LogP contribution in [0.4, 0.5) is 0 Å². The summed E-state index contributed by atoms with van der Waals surface area (Å²) in [5.74, 6) is 0.753. The molecule has 1 fully saturated rings. The van der Waals surface area contributed by atoms with Gasteiger partial charge in [0.15, 0.2) is 0 Å². The molecule has 0 radical (unpaired) electrons. The SMILES string of the molecule is CCC1CCC(CN)CN1C. The van der Waals surface area contributed by atoms with E-state index in [-0.39, 0.29) is 0 Å². The third-order valence-corrected chi connectivity index (χ3v) is 2.88. The Morgan fingerprint density at radius 2 is 2.18 bits per heavy atom. The molecule has 2 N–H and O–H groups in total. The van der Waals surface area contributed by atoms with Crippen LogP contribution in [-0.2, 0) is 0 Å². The summed E-state index contributed by atoms with van der Waals surface area (Å²) in [4.78, 5) is 2.46. The summed E-state index contributed by atoms with van der Waals surface area (Å²) < 4.78 is 0. The minimum absolute atomic E-state index is 0.753. The van der Waals surface area contributed by atoms with Crippen molar-refractivity contribution in [3.8, 4) is 0 Å². The smallest absolute Gasteiger partial charge is 0.00898 e. The van der Waals surface area contributed by atoms with Gasteiger partial charge in [-0.25, -0.2) is 0 Å². The van der Waals surface area contributed by atoms with Crippen molar-refractivity contribution in [3.63, 3.8) is 0 Å². The highest BCUT2D eigenvalue weighted by molar-refractivity contribution is 4.78. The molecule has 0 amide bonds. The minimum atomic E-state index is 0.753. The Kier molecular flexibility index (Phi) is 3.34. The second-order valence-corrected chi connectivity index (χ2v) is 3.68. The molecule has 2 unspecified atom stereocenters. The van der Waals surface area contributed by atoms with E-state index < -0.39 is 0 Å². The van der Waals surface area contributed by atoms with Crippen LogP contribution >= 0.6 is 0 Å². The fourth-order valence-electron chi connectivity index (χ4n) is 2.00. The summed E-state index contributed by atoms with van der Waals surface area (Å²) in [6, 6.07) is 0.817. The van der Waals surface area contributed by atoms with Crippen LogP contribution in [0.15, 0.2) is 0 Å². The van der Waals surface area contributed by atoms with Crippen LogP contribution in [0, 0.1) is 5.92 Å². The van der Waals surface area contributed by atoms with Crippen molar-refractivity contribution in [3.05, 3.63) is 0 Å². The predicted molar refractivity (Wildman–Crippen MR) is 48.5 cm³/mol. The quantitative estimate of drug-likeness (QED) is 0.648. The Bertz CT molecular complexity index is 114. The maximum absolute atomic E-state index is 5.63. The molecule has 2 heteroatoms. The highest BCUT2D eigenvalue weighted by Gasteiger charge is 2.22. The number of rotatable bonds is 2. The molecule has 1 rings (SSSR count). The van der Waals surface area contributed by atoms with E-state index in [0.29, 0.717) is 0 Å². The van der Waals surface area contributed by atoms with Crippen molar-refractivity contribution in [2.75, 3.05) is 20.1 Å². The van der Waals surface area contributed by atoms with Gasteiger partial charge in [0.2, 0.25) is 0 Å². The average Bonchev–Trinajstić information content (AvgIpc) is 2.04. The zero-order valence-electron chi connectivity index (χ0n) is 7.71. The molecule has 0 aliphatic carbocycles. The van der Waals surface area contributed by atoms with Crippen molar-refractivity contribution in [2.45, 2.75) is 32.2 Å². The molecule has 66 valence electrons. The summed E-state index contributed by atoms with van der Waals surface area (Å²) in [6.45, 7) is 4.33. The molecule has 1 saturated heterocycles. The van der Waals surface area contributed by atoms with Crippen molar-refractivity contribution in [1.29, 1.82) is 0 Å². The zero-order chi connectivity index (χ0) is 8.27. The summed E-state index contributed by atoms with van der Waals surface area (Å²) in [5.41, 5.74) is 5.63. The van der Waals surface area contributed by atoms with Crippen LogP contribution in [-0.4, -0.2) is 31.1 Å². The van der Waals surface area contributed by atoms with Crippen LogP contribution < -0.4 is 5.73 Å². The molecular formula is C9H20N2. The first-order valence-electron chi connectivity index (χ1n) is 4.68. The number of likely N-dealkylation sites (tertiary alicyclic amines) is 1. The molecule has 11 heavy (non-hydrogen) atoms. The first-order chi connectivity index (χ1) is 5.27. The lowest BCUT2D eigenvalue weighted by atomic mass is 9.92. The van der Waals surface area contributed by atoms with Gasteiger partial charge < -0.3 is 10.6 Å². The monoisotopic (exact) mass is 156 g/mol. The molecule has 2 atom stereocenters. The van der Waals surface area contributed by atoms with Gasteiger partial charge in [-0.15, -0.1) is 0 Å². The molecule has 1 heterocycles. The summed E-state index contributed by atoms with van der Waals surface area (Å²) >= 11 is 0. The third kappa shape index (κ3) is 2.17. The van der Waals surface area contributed by atoms with E-state index in [0.717, 1.165) is 18.5 Å². The maximum atomic E-state index is 5.63. The van der Waals surface area contributed by atoms with Crippen LogP contribution in [0.25, 0.3) is 0 Å². The van der Waals surface area contributed by atoms with Crippen molar-refractivity contribution >= 4 is 0 Å². The van der Waals surface area contributed by atoms with Crippen molar-refractivity contribution < 1.29 is 0 Å². The standard InChI is InChI=1S/C9H20N2/c1-3-9-5-4-8(6-10)7-11(9)2/h8-9H,3-7,10H2,1-2H3. The molecule has 1 aliphatic rings. The first kappa shape index (κ1) is 9.01. The van der Waals surface area contributed by atoms with Gasteiger partial charge in [0.25, 0.3) is 0 Å². The van der Waals surface area contributed by atoms with Crippen LogP contribution in [0.1, 0.15) is 26.2 Å². The largest absolute Gasteiger partial charge is 0.330 e. The molecule has 0 bridgehead atoms. The van der Waals surface area contributed by atoms with E-state index >= 15 is 0 Å². The zero-order valence-corrected chi connectivity index (χ0v) is 7.71. The fourth-order valence-corrected chi connectivity index (χ4v) is 2.00. The summed E-state index contributed by atoms with van der Waals surface area (Å²) in [6.07, 6.45) is 3.96.